The van der Waals surface area contributed by atoms with Gasteiger partial charge in [-0.15, -0.1) is 0 Å². The topological polar surface area (TPSA) is 0 Å². The Bertz CT molecular complexity index is 368. The van der Waals surface area contributed by atoms with Crippen LogP contribution in [0.3, 0.4) is 0 Å². The second kappa shape index (κ2) is 5.16. The molecular weight excluding hydrogens is 299 g/mol. The van der Waals surface area contributed by atoms with Crippen molar-refractivity contribution in [2.75, 3.05) is 5.33 Å². The van der Waals surface area contributed by atoms with E-state index < -0.39 is 28.6 Å². The van der Waals surface area contributed by atoms with Crippen molar-refractivity contribution in [2.24, 2.45) is 0 Å². The number of halogens is 6. The van der Waals surface area contributed by atoms with Crippen LogP contribution in [0.25, 0.3) is 0 Å². The number of hydrogen-bond acceptors (Lipinski definition) is 0. The molecule has 84 valence electrons. The van der Waals surface area contributed by atoms with Crippen molar-refractivity contribution in [1.29, 1.82) is 0 Å². The lowest BCUT2D eigenvalue weighted by Gasteiger charge is -2.10. The van der Waals surface area contributed by atoms with Gasteiger partial charge < -0.3 is 0 Å². The van der Waals surface area contributed by atoms with Crippen molar-refractivity contribution in [3.63, 3.8) is 0 Å². The minimum Gasteiger partial charge on any atom is -0.205 e. The molecule has 1 rings (SSSR count). The van der Waals surface area contributed by atoms with Crippen LogP contribution in [0.5, 0.6) is 0 Å². The van der Waals surface area contributed by atoms with E-state index in [-0.39, 0.29) is 12.0 Å². The van der Waals surface area contributed by atoms with Gasteiger partial charge in [-0.3, -0.25) is 0 Å². The zero-order valence-electron chi connectivity index (χ0n) is 7.34. The molecule has 0 bridgehead atoms. The quantitative estimate of drug-likeness (QED) is 0.438. The van der Waals surface area contributed by atoms with Crippen molar-refractivity contribution in [3.8, 4) is 0 Å². The number of hydrogen-bond donors (Lipinski definition) is 0. The van der Waals surface area contributed by atoms with E-state index in [4.69, 9.17) is 11.6 Å². The molecule has 0 amide bonds. The maximum absolute atomic E-state index is 13.2. The standard InChI is InChI=1S/C9H6BrClF4/c10-2-1-4-3-5(12)7(11)8(13)6(4)9(14)15/h3,9H,1-2H2. The first-order valence-corrected chi connectivity index (χ1v) is 5.49. The first kappa shape index (κ1) is 12.8. The van der Waals surface area contributed by atoms with Crippen LogP contribution in [0.15, 0.2) is 6.07 Å². The van der Waals surface area contributed by atoms with E-state index in [0.717, 1.165) is 6.07 Å². The smallest absolute Gasteiger partial charge is 0.205 e. The van der Waals surface area contributed by atoms with Gasteiger partial charge >= 0.3 is 0 Å². The molecular formula is C9H6BrClF4. The van der Waals surface area contributed by atoms with E-state index in [9.17, 15) is 17.6 Å². The summed E-state index contributed by atoms with van der Waals surface area (Å²) in [7, 11) is 0. The Balaban J connectivity index is 3.36. The molecule has 0 N–H and O–H groups in total. The van der Waals surface area contributed by atoms with Crippen LogP contribution in [0, 0.1) is 11.6 Å². The summed E-state index contributed by atoms with van der Waals surface area (Å²) < 4.78 is 51.2. The number of benzene rings is 1. The third-order valence-corrected chi connectivity index (χ3v) is 2.61. The molecule has 0 unspecified atom stereocenters. The van der Waals surface area contributed by atoms with Crippen molar-refractivity contribution in [2.45, 2.75) is 12.8 Å². The maximum atomic E-state index is 13.2. The largest absolute Gasteiger partial charge is 0.266 e. The lowest BCUT2D eigenvalue weighted by molar-refractivity contribution is 0.145. The third-order valence-electron chi connectivity index (χ3n) is 1.87. The van der Waals surface area contributed by atoms with Gasteiger partial charge in [0.2, 0.25) is 0 Å². The molecule has 0 aliphatic heterocycles. The summed E-state index contributed by atoms with van der Waals surface area (Å²) in [6.45, 7) is 0. The third kappa shape index (κ3) is 2.64. The van der Waals surface area contributed by atoms with Crippen LogP contribution in [0.1, 0.15) is 17.6 Å². The van der Waals surface area contributed by atoms with Crippen LogP contribution in [-0.4, -0.2) is 5.33 Å². The summed E-state index contributed by atoms with van der Waals surface area (Å²) in [5.41, 5.74) is -0.887. The summed E-state index contributed by atoms with van der Waals surface area (Å²) in [6, 6.07) is 0.841. The lowest BCUT2D eigenvalue weighted by atomic mass is 10.0. The number of alkyl halides is 3. The van der Waals surface area contributed by atoms with Gasteiger partial charge in [-0.2, -0.15) is 0 Å². The second-order valence-electron chi connectivity index (χ2n) is 2.80. The Labute approximate surface area is 97.4 Å². The molecule has 0 aromatic heterocycles. The van der Waals surface area contributed by atoms with E-state index >= 15 is 0 Å². The highest BCUT2D eigenvalue weighted by molar-refractivity contribution is 9.09. The summed E-state index contributed by atoms with van der Waals surface area (Å²) in [5, 5.41) is -0.545. The number of rotatable bonds is 3. The van der Waals surface area contributed by atoms with Crippen LogP contribution >= 0.6 is 27.5 Å². The Morgan fingerprint density at radius 3 is 2.40 bits per heavy atom. The fourth-order valence-corrected chi connectivity index (χ4v) is 1.79. The average Bonchev–Trinajstić information content (AvgIpc) is 2.14. The van der Waals surface area contributed by atoms with Gasteiger partial charge in [-0.25, -0.2) is 17.6 Å². The summed E-state index contributed by atoms with van der Waals surface area (Å²) in [5.74, 6) is -2.39. The Morgan fingerprint density at radius 2 is 1.93 bits per heavy atom. The second-order valence-corrected chi connectivity index (χ2v) is 3.97. The summed E-state index contributed by atoms with van der Waals surface area (Å²) >= 11 is 8.22. The van der Waals surface area contributed by atoms with Crippen LogP contribution in [-0.2, 0) is 6.42 Å². The Hall–Kier alpha value is -0.290. The first-order valence-electron chi connectivity index (χ1n) is 3.99. The molecule has 15 heavy (non-hydrogen) atoms. The van der Waals surface area contributed by atoms with Gasteiger partial charge in [0.15, 0.2) is 5.82 Å². The minimum atomic E-state index is -3.00. The van der Waals surface area contributed by atoms with Crippen LogP contribution in [0.4, 0.5) is 17.6 Å². The number of aryl methyl sites for hydroxylation is 1. The molecule has 0 radical (unpaired) electrons. The van der Waals surface area contributed by atoms with E-state index in [1.807, 2.05) is 0 Å². The monoisotopic (exact) mass is 304 g/mol. The van der Waals surface area contributed by atoms with Crippen molar-refractivity contribution in [1.82, 2.24) is 0 Å². The molecule has 0 heterocycles. The SMILES string of the molecule is Fc1cc(CCBr)c(C(F)F)c(F)c1Cl. The highest BCUT2D eigenvalue weighted by Gasteiger charge is 2.23. The molecule has 0 saturated carbocycles. The minimum absolute atomic E-state index is 0.0683. The van der Waals surface area contributed by atoms with Crippen LogP contribution < -0.4 is 0 Å². The zero-order valence-corrected chi connectivity index (χ0v) is 9.68. The highest BCUT2D eigenvalue weighted by atomic mass is 79.9. The molecule has 1 aromatic rings. The average molecular weight is 305 g/mol. The molecule has 0 fully saturated rings. The molecule has 6 heteroatoms. The Kier molecular flexibility index (Phi) is 4.40. The van der Waals surface area contributed by atoms with E-state index in [2.05, 4.69) is 15.9 Å². The molecule has 0 atom stereocenters. The van der Waals surface area contributed by atoms with Gasteiger partial charge in [0.05, 0.1) is 5.56 Å². The Morgan fingerprint density at radius 1 is 1.33 bits per heavy atom. The first-order chi connectivity index (χ1) is 6.99. The predicted molar refractivity (Wildman–Crippen MR) is 53.8 cm³/mol. The van der Waals surface area contributed by atoms with E-state index in [1.54, 1.807) is 0 Å². The van der Waals surface area contributed by atoms with Crippen molar-refractivity contribution < 1.29 is 17.6 Å². The van der Waals surface area contributed by atoms with Crippen molar-refractivity contribution >= 4 is 27.5 Å². The van der Waals surface area contributed by atoms with E-state index in [1.165, 1.54) is 0 Å². The van der Waals surface area contributed by atoms with E-state index in [0.29, 0.717) is 5.33 Å². The normalized spacial score (nSPS) is 11.1. The van der Waals surface area contributed by atoms with Gasteiger partial charge in [-0.1, -0.05) is 27.5 Å². The highest BCUT2D eigenvalue weighted by Crippen LogP contribution is 2.32. The van der Waals surface area contributed by atoms with Gasteiger partial charge in [0, 0.05) is 5.33 Å². The van der Waals surface area contributed by atoms with Gasteiger partial charge in [0.1, 0.15) is 10.8 Å². The maximum Gasteiger partial charge on any atom is 0.266 e. The molecule has 0 aliphatic rings. The molecule has 0 spiro atoms. The molecule has 1 aromatic carbocycles. The zero-order chi connectivity index (χ0) is 11.6. The summed E-state index contributed by atoms with van der Waals surface area (Å²) in [4.78, 5) is 0. The van der Waals surface area contributed by atoms with Crippen LogP contribution in [0.2, 0.25) is 5.02 Å². The van der Waals surface area contributed by atoms with Gasteiger partial charge in [0.25, 0.3) is 6.43 Å². The predicted octanol–water partition coefficient (Wildman–Crippen LogP) is 4.49. The summed E-state index contributed by atoms with van der Waals surface area (Å²) in [6.07, 6.45) is -2.89. The lowest BCUT2D eigenvalue weighted by Crippen LogP contribution is -2.02. The van der Waals surface area contributed by atoms with Gasteiger partial charge in [-0.05, 0) is 18.1 Å². The fraction of sp³-hybridized carbons (Fsp3) is 0.333. The molecule has 0 aliphatic carbocycles. The molecule has 0 saturated heterocycles. The molecule has 0 nitrogen and oxygen atoms in total. The van der Waals surface area contributed by atoms with Crippen molar-refractivity contribution in [3.05, 3.63) is 33.9 Å². The fourth-order valence-electron chi connectivity index (χ4n) is 1.20.